The van der Waals surface area contributed by atoms with Gasteiger partial charge in [0.2, 0.25) is 0 Å². The molecular formula is C24H28N6O5S2. The van der Waals surface area contributed by atoms with Gasteiger partial charge in [0.15, 0.2) is 32.3 Å². The maximum Gasteiger partial charge on any atom is 0.197 e. The van der Waals surface area contributed by atoms with Crippen molar-refractivity contribution >= 4 is 21.2 Å². The Morgan fingerprint density at radius 3 is 2.16 bits per heavy atom. The number of benzene rings is 1. The molecule has 0 saturated heterocycles. The first-order valence-corrected chi connectivity index (χ1v) is 13.8. The number of para-hydroxylation sites is 1. The molecule has 0 N–H and O–H groups in total. The zero-order valence-electron chi connectivity index (χ0n) is 21.4. The number of aryl methyl sites for hydroxylation is 2. The van der Waals surface area contributed by atoms with Gasteiger partial charge >= 0.3 is 0 Å². The number of sulfone groups is 1. The molecule has 0 unspecified atom stereocenters. The molecular weight excluding hydrogens is 516 g/mol. The lowest BCUT2D eigenvalue weighted by Gasteiger charge is -2.22. The van der Waals surface area contributed by atoms with Crippen molar-refractivity contribution in [3.05, 3.63) is 58.9 Å². The summed E-state index contributed by atoms with van der Waals surface area (Å²) in [5.41, 5.74) is 1.33. The Morgan fingerprint density at radius 1 is 0.973 bits per heavy atom. The van der Waals surface area contributed by atoms with Crippen LogP contribution in [0.4, 0.5) is 0 Å². The van der Waals surface area contributed by atoms with Crippen LogP contribution in [0.5, 0.6) is 11.5 Å². The lowest BCUT2D eigenvalue weighted by molar-refractivity contribution is 0.0947. The third-order valence-corrected chi connectivity index (χ3v) is 8.75. The van der Waals surface area contributed by atoms with E-state index in [4.69, 9.17) is 14.2 Å². The van der Waals surface area contributed by atoms with Crippen LogP contribution in [0.15, 0.2) is 36.8 Å². The fraction of sp³-hybridized carbons (Fsp3) is 0.375. The number of thiazole rings is 1. The molecule has 37 heavy (non-hydrogen) atoms. The summed E-state index contributed by atoms with van der Waals surface area (Å²) in [6.07, 6.45) is 4.10. The Kier molecular flexibility index (Phi) is 7.85. The van der Waals surface area contributed by atoms with Crippen molar-refractivity contribution in [3.8, 4) is 28.0 Å². The zero-order chi connectivity index (χ0) is 26.7. The average Bonchev–Trinajstić information content (AvgIpc) is 3.50. The summed E-state index contributed by atoms with van der Waals surface area (Å²) >= 11 is 1.42. The van der Waals surface area contributed by atoms with Gasteiger partial charge in [-0.15, -0.1) is 21.5 Å². The molecule has 3 heterocycles. The van der Waals surface area contributed by atoms with Crippen molar-refractivity contribution in [2.75, 3.05) is 21.3 Å². The van der Waals surface area contributed by atoms with E-state index in [1.807, 2.05) is 13.8 Å². The first-order valence-electron chi connectivity index (χ1n) is 11.3. The van der Waals surface area contributed by atoms with E-state index >= 15 is 0 Å². The van der Waals surface area contributed by atoms with Crippen molar-refractivity contribution in [3.63, 3.8) is 0 Å². The minimum atomic E-state index is -3.84. The average molecular weight is 545 g/mol. The van der Waals surface area contributed by atoms with Crippen LogP contribution < -0.4 is 9.47 Å². The topological polar surface area (TPSA) is 131 Å². The number of nitrogens with zero attached hydrogens (tertiary/aromatic N) is 6. The molecule has 13 heteroatoms. The van der Waals surface area contributed by atoms with Crippen molar-refractivity contribution in [1.82, 2.24) is 29.7 Å². The normalized spacial score (nSPS) is 13.4. The Morgan fingerprint density at radius 2 is 1.62 bits per heavy atom. The number of ether oxygens (including phenoxy) is 3. The van der Waals surface area contributed by atoms with Gasteiger partial charge in [-0.05, 0) is 38.5 Å². The Balaban J connectivity index is 1.82. The number of hydrogen-bond donors (Lipinski definition) is 0. The van der Waals surface area contributed by atoms with Gasteiger partial charge in [-0.1, -0.05) is 6.07 Å². The lowest BCUT2D eigenvalue weighted by Crippen LogP contribution is -2.30. The van der Waals surface area contributed by atoms with Gasteiger partial charge < -0.3 is 14.2 Å². The van der Waals surface area contributed by atoms with E-state index in [0.717, 1.165) is 10.4 Å². The monoisotopic (exact) mass is 544 g/mol. The van der Waals surface area contributed by atoms with Crippen LogP contribution >= 0.6 is 11.3 Å². The van der Waals surface area contributed by atoms with Gasteiger partial charge in [-0.2, -0.15) is 0 Å². The second-order valence-corrected chi connectivity index (χ2v) is 11.9. The van der Waals surface area contributed by atoms with Crippen molar-refractivity contribution in [2.24, 2.45) is 0 Å². The first-order chi connectivity index (χ1) is 17.7. The van der Waals surface area contributed by atoms with Gasteiger partial charge in [0.1, 0.15) is 29.0 Å². The van der Waals surface area contributed by atoms with Gasteiger partial charge in [0.05, 0.1) is 19.5 Å². The lowest BCUT2D eigenvalue weighted by atomic mass is 10.2. The first kappa shape index (κ1) is 26.6. The quantitative estimate of drug-likeness (QED) is 0.292. The van der Waals surface area contributed by atoms with E-state index in [2.05, 4.69) is 25.1 Å². The van der Waals surface area contributed by atoms with Gasteiger partial charge in [0, 0.05) is 30.6 Å². The molecule has 1 aromatic carbocycles. The summed E-state index contributed by atoms with van der Waals surface area (Å²) in [7, 11) is 0.646. The molecule has 0 aliphatic carbocycles. The number of hydrogen-bond acceptors (Lipinski definition) is 11. The summed E-state index contributed by atoms with van der Waals surface area (Å²) in [5.74, 6) is 1.34. The third kappa shape index (κ3) is 5.33. The zero-order valence-corrected chi connectivity index (χ0v) is 23.0. The molecule has 196 valence electrons. The molecule has 2 atom stereocenters. The predicted molar refractivity (Wildman–Crippen MR) is 139 cm³/mol. The largest absolute Gasteiger partial charge is 0.494 e. The summed E-state index contributed by atoms with van der Waals surface area (Å²) in [5, 5.41) is 8.22. The van der Waals surface area contributed by atoms with Gasteiger partial charge in [-0.3, -0.25) is 4.57 Å². The minimum Gasteiger partial charge on any atom is -0.494 e. The molecule has 0 spiro atoms. The van der Waals surface area contributed by atoms with E-state index in [1.54, 1.807) is 48.3 Å². The SMILES string of the molecule is COc1cccc(OC)c1-n1c(CS(=O)(=O)[C@@H](C)[C@H](OC)c2ncc(C)cn2)nnc1-c1ncc(C)s1. The van der Waals surface area contributed by atoms with Crippen molar-refractivity contribution < 1.29 is 22.6 Å². The highest BCUT2D eigenvalue weighted by Gasteiger charge is 2.35. The van der Waals surface area contributed by atoms with Crippen LogP contribution in [0.3, 0.4) is 0 Å². The molecule has 0 bridgehead atoms. The van der Waals surface area contributed by atoms with E-state index < -0.39 is 26.9 Å². The summed E-state index contributed by atoms with van der Waals surface area (Å²) < 4.78 is 45.8. The van der Waals surface area contributed by atoms with Crippen LogP contribution in [-0.2, 0) is 20.3 Å². The maximum atomic E-state index is 13.7. The maximum absolute atomic E-state index is 13.7. The second-order valence-electron chi connectivity index (χ2n) is 8.35. The Bertz CT molecular complexity index is 1460. The van der Waals surface area contributed by atoms with Crippen LogP contribution in [0.25, 0.3) is 16.5 Å². The van der Waals surface area contributed by atoms with E-state index in [-0.39, 0.29) is 11.6 Å². The fourth-order valence-electron chi connectivity index (χ4n) is 3.85. The number of methoxy groups -OCH3 is 3. The fourth-order valence-corrected chi connectivity index (χ4v) is 6.01. The molecule has 0 aliphatic heterocycles. The third-order valence-electron chi connectivity index (χ3n) is 5.80. The predicted octanol–water partition coefficient (Wildman–Crippen LogP) is 3.51. The van der Waals surface area contributed by atoms with E-state index in [1.165, 1.54) is 32.7 Å². The van der Waals surface area contributed by atoms with E-state index in [9.17, 15) is 8.42 Å². The van der Waals surface area contributed by atoms with Crippen molar-refractivity contribution in [1.29, 1.82) is 0 Å². The van der Waals surface area contributed by atoms with Gasteiger partial charge in [0.25, 0.3) is 0 Å². The van der Waals surface area contributed by atoms with Crippen molar-refractivity contribution in [2.45, 2.75) is 37.9 Å². The van der Waals surface area contributed by atoms with Crippen LogP contribution in [-0.4, -0.2) is 64.7 Å². The molecule has 0 saturated carbocycles. The Labute approximate surface area is 219 Å². The van der Waals surface area contributed by atoms with Crippen LogP contribution in [0.1, 0.15) is 35.1 Å². The Hall–Kier alpha value is -3.42. The highest BCUT2D eigenvalue weighted by molar-refractivity contribution is 7.91. The molecule has 0 fully saturated rings. The molecule has 0 radical (unpaired) electrons. The highest BCUT2D eigenvalue weighted by atomic mass is 32.2. The molecule has 4 rings (SSSR count). The van der Waals surface area contributed by atoms with Crippen LogP contribution in [0.2, 0.25) is 0 Å². The highest BCUT2D eigenvalue weighted by Crippen LogP contribution is 2.38. The molecule has 4 aromatic rings. The molecule has 0 aliphatic rings. The van der Waals surface area contributed by atoms with Crippen LogP contribution in [0, 0.1) is 13.8 Å². The molecule has 11 nitrogen and oxygen atoms in total. The summed E-state index contributed by atoms with van der Waals surface area (Å²) in [6, 6.07) is 5.29. The van der Waals surface area contributed by atoms with E-state index in [0.29, 0.717) is 28.0 Å². The number of rotatable bonds is 10. The smallest absolute Gasteiger partial charge is 0.197 e. The standard InChI is InChI=1S/C24H28N6O5S2/c1-14-10-25-22(26-11-14)21(35-6)16(3)37(31,32)13-19-28-29-23(24-27-12-15(2)36-24)30(19)20-17(33-4)8-7-9-18(20)34-5/h7-12,16,21H,13H2,1-6H3/t16-,21-/m0/s1. The van der Waals surface area contributed by atoms with Gasteiger partial charge in [-0.25, -0.2) is 23.4 Å². The second kappa shape index (κ2) is 10.9. The minimum absolute atomic E-state index is 0.178. The summed E-state index contributed by atoms with van der Waals surface area (Å²) in [4.78, 5) is 14.0. The number of aromatic nitrogens is 6. The summed E-state index contributed by atoms with van der Waals surface area (Å²) in [6.45, 7) is 5.35. The molecule has 3 aromatic heterocycles. The molecule has 0 amide bonds.